The average Bonchev–Trinajstić information content (AvgIpc) is 2.73. The van der Waals surface area contributed by atoms with Crippen LogP contribution in [0.2, 0.25) is 0 Å². The molecule has 114 valence electrons. The van der Waals surface area contributed by atoms with E-state index in [0.717, 1.165) is 9.80 Å². The lowest BCUT2D eigenvalue weighted by atomic mass is 10.0. The van der Waals surface area contributed by atoms with E-state index in [-0.39, 0.29) is 31.7 Å². The first kappa shape index (κ1) is 14.2. The Morgan fingerprint density at radius 3 is 2.27 bits per heavy atom. The van der Waals surface area contributed by atoms with E-state index in [1.807, 2.05) is 0 Å². The standard InChI is InChI=1S/C15H14N2O5/c18-10-5-6-16(15(21)22)9(7-10)8-17-13(19)11-3-1-2-4-12(11)14(17)20/h1-4,9H,5-8H2,(H,21,22). The maximum Gasteiger partial charge on any atom is 0.407 e. The number of fused-ring (bicyclic) bond motifs is 1. The number of hydrogen-bond acceptors (Lipinski definition) is 4. The molecule has 7 heteroatoms. The van der Waals surface area contributed by atoms with Gasteiger partial charge in [-0.2, -0.15) is 0 Å². The van der Waals surface area contributed by atoms with E-state index in [0.29, 0.717) is 11.1 Å². The molecule has 1 aromatic rings. The Morgan fingerprint density at radius 1 is 1.14 bits per heavy atom. The van der Waals surface area contributed by atoms with Gasteiger partial charge in [0.2, 0.25) is 0 Å². The first-order valence-electron chi connectivity index (χ1n) is 6.95. The van der Waals surface area contributed by atoms with E-state index in [4.69, 9.17) is 0 Å². The van der Waals surface area contributed by atoms with E-state index < -0.39 is 23.9 Å². The number of Topliss-reactive ketones (excluding diaryl/α,β-unsaturated/α-hetero) is 1. The second-order valence-corrected chi connectivity index (χ2v) is 5.39. The number of hydrogen-bond donors (Lipinski definition) is 1. The molecule has 0 spiro atoms. The van der Waals surface area contributed by atoms with Crippen molar-refractivity contribution < 1.29 is 24.3 Å². The zero-order valence-corrected chi connectivity index (χ0v) is 11.7. The summed E-state index contributed by atoms with van der Waals surface area (Å²) in [6.07, 6.45) is -0.945. The largest absolute Gasteiger partial charge is 0.465 e. The van der Waals surface area contributed by atoms with Crippen LogP contribution in [-0.2, 0) is 4.79 Å². The Kier molecular flexibility index (Phi) is 3.40. The van der Waals surface area contributed by atoms with Crippen LogP contribution in [0.4, 0.5) is 4.79 Å². The average molecular weight is 302 g/mol. The number of likely N-dealkylation sites (tertiary alicyclic amines) is 1. The molecule has 2 heterocycles. The highest BCUT2D eigenvalue weighted by Crippen LogP contribution is 2.25. The van der Waals surface area contributed by atoms with Gasteiger partial charge in [-0.1, -0.05) is 12.1 Å². The number of nitrogens with zero attached hydrogens (tertiary/aromatic N) is 2. The van der Waals surface area contributed by atoms with Crippen LogP contribution in [-0.4, -0.2) is 57.7 Å². The number of rotatable bonds is 2. The van der Waals surface area contributed by atoms with Gasteiger partial charge >= 0.3 is 6.09 Å². The summed E-state index contributed by atoms with van der Waals surface area (Å²) >= 11 is 0. The number of amides is 3. The van der Waals surface area contributed by atoms with Gasteiger partial charge in [0.05, 0.1) is 23.7 Å². The summed E-state index contributed by atoms with van der Waals surface area (Å²) in [6.45, 7) is 0.00634. The minimum absolute atomic E-state index is 0.0275. The Balaban J connectivity index is 1.84. The predicted octanol–water partition coefficient (Wildman–Crippen LogP) is 0.994. The van der Waals surface area contributed by atoms with Crippen LogP contribution in [0.5, 0.6) is 0 Å². The quantitative estimate of drug-likeness (QED) is 0.822. The second-order valence-electron chi connectivity index (χ2n) is 5.39. The third-order valence-corrected chi connectivity index (χ3v) is 4.05. The van der Waals surface area contributed by atoms with Crippen molar-refractivity contribution in [3.8, 4) is 0 Å². The molecule has 1 aromatic carbocycles. The van der Waals surface area contributed by atoms with Crippen molar-refractivity contribution in [3.05, 3.63) is 35.4 Å². The van der Waals surface area contributed by atoms with Crippen LogP contribution in [0.15, 0.2) is 24.3 Å². The van der Waals surface area contributed by atoms with Crippen molar-refractivity contribution in [3.63, 3.8) is 0 Å². The number of carboxylic acid groups (broad SMARTS) is 1. The molecule has 2 aliphatic rings. The first-order chi connectivity index (χ1) is 10.5. The van der Waals surface area contributed by atoms with Crippen molar-refractivity contribution >= 4 is 23.7 Å². The molecule has 1 fully saturated rings. The maximum absolute atomic E-state index is 12.3. The minimum Gasteiger partial charge on any atom is -0.465 e. The van der Waals surface area contributed by atoms with E-state index in [2.05, 4.69) is 0 Å². The fraction of sp³-hybridized carbons (Fsp3) is 0.333. The molecule has 0 aliphatic carbocycles. The van der Waals surface area contributed by atoms with Crippen LogP contribution >= 0.6 is 0 Å². The summed E-state index contributed by atoms with van der Waals surface area (Å²) in [5.41, 5.74) is 0.632. The fourth-order valence-corrected chi connectivity index (χ4v) is 2.93. The molecular weight excluding hydrogens is 288 g/mol. The topological polar surface area (TPSA) is 95.0 Å². The van der Waals surface area contributed by atoms with Gasteiger partial charge in [-0.3, -0.25) is 19.3 Å². The van der Waals surface area contributed by atoms with E-state index in [9.17, 15) is 24.3 Å². The van der Waals surface area contributed by atoms with Crippen molar-refractivity contribution in [1.29, 1.82) is 0 Å². The zero-order valence-electron chi connectivity index (χ0n) is 11.7. The molecule has 3 amide bonds. The molecule has 1 unspecified atom stereocenters. The van der Waals surface area contributed by atoms with Crippen LogP contribution in [0.1, 0.15) is 33.6 Å². The zero-order chi connectivity index (χ0) is 15.9. The van der Waals surface area contributed by atoms with E-state index in [1.165, 1.54) is 0 Å². The summed E-state index contributed by atoms with van der Waals surface area (Å²) in [7, 11) is 0. The molecular formula is C15H14N2O5. The van der Waals surface area contributed by atoms with Crippen molar-refractivity contribution in [2.24, 2.45) is 0 Å². The second kappa shape index (κ2) is 5.25. The molecule has 22 heavy (non-hydrogen) atoms. The normalized spacial score (nSPS) is 21.3. The molecule has 2 aliphatic heterocycles. The number of carbonyl (C=O) groups excluding carboxylic acids is 3. The Hall–Kier alpha value is -2.70. The Labute approximate surface area is 126 Å². The highest BCUT2D eigenvalue weighted by atomic mass is 16.4. The number of carbonyl (C=O) groups is 4. The number of imide groups is 1. The molecule has 7 nitrogen and oxygen atoms in total. The van der Waals surface area contributed by atoms with Gasteiger partial charge in [-0.15, -0.1) is 0 Å². The molecule has 1 saturated heterocycles. The summed E-state index contributed by atoms with van der Waals surface area (Å²) in [5, 5.41) is 9.20. The predicted molar refractivity (Wildman–Crippen MR) is 74.6 cm³/mol. The smallest absolute Gasteiger partial charge is 0.407 e. The van der Waals surface area contributed by atoms with Crippen molar-refractivity contribution in [1.82, 2.24) is 9.80 Å². The monoisotopic (exact) mass is 302 g/mol. The Morgan fingerprint density at radius 2 is 1.73 bits per heavy atom. The van der Waals surface area contributed by atoms with Crippen LogP contribution < -0.4 is 0 Å². The molecule has 1 atom stereocenters. The molecule has 0 bridgehead atoms. The van der Waals surface area contributed by atoms with Crippen LogP contribution in [0.25, 0.3) is 0 Å². The summed E-state index contributed by atoms with van der Waals surface area (Å²) < 4.78 is 0. The molecule has 3 rings (SSSR count). The lowest BCUT2D eigenvalue weighted by Gasteiger charge is -2.34. The summed E-state index contributed by atoms with van der Waals surface area (Å²) in [4.78, 5) is 49.6. The number of ketones is 1. The third-order valence-electron chi connectivity index (χ3n) is 4.05. The third kappa shape index (κ3) is 2.24. The summed E-state index contributed by atoms with van der Waals surface area (Å²) in [6, 6.07) is 5.79. The molecule has 0 saturated carbocycles. The van der Waals surface area contributed by atoms with Gasteiger partial charge in [-0.25, -0.2) is 4.79 Å². The Bertz CT molecular complexity index is 649. The highest BCUT2D eigenvalue weighted by molar-refractivity contribution is 6.21. The molecule has 0 radical (unpaired) electrons. The van der Waals surface area contributed by atoms with E-state index in [1.54, 1.807) is 24.3 Å². The van der Waals surface area contributed by atoms with Gasteiger partial charge in [0, 0.05) is 19.4 Å². The highest BCUT2D eigenvalue weighted by Gasteiger charge is 2.39. The van der Waals surface area contributed by atoms with Gasteiger partial charge < -0.3 is 10.0 Å². The lowest BCUT2D eigenvalue weighted by molar-refractivity contribution is -0.122. The van der Waals surface area contributed by atoms with Gasteiger partial charge in [0.15, 0.2) is 0 Å². The fourth-order valence-electron chi connectivity index (χ4n) is 2.93. The maximum atomic E-state index is 12.3. The van der Waals surface area contributed by atoms with E-state index >= 15 is 0 Å². The summed E-state index contributed by atoms with van der Waals surface area (Å²) in [5.74, 6) is -0.938. The molecule has 0 aromatic heterocycles. The molecule has 1 N–H and O–H groups in total. The van der Waals surface area contributed by atoms with Crippen molar-refractivity contribution in [2.75, 3.05) is 13.1 Å². The SMILES string of the molecule is O=C1CCN(C(=O)O)C(CN2C(=O)c3ccccc3C2=O)C1. The number of piperidine rings is 1. The van der Waals surface area contributed by atoms with Crippen molar-refractivity contribution in [2.45, 2.75) is 18.9 Å². The van der Waals surface area contributed by atoms with Crippen LogP contribution in [0, 0.1) is 0 Å². The first-order valence-corrected chi connectivity index (χ1v) is 6.95. The van der Waals surface area contributed by atoms with Crippen LogP contribution in [0.3, 0.4) is 0 Å². The number of benzene rings is 1. The van der Waals surface area contributed by atoms with Gasteiger partial charge in [0.25, 0.3) is 11.8 Å². The minimum atomic E-state index is -1.14. The van der Waals surface area contributed by atoms with Gasteiger partial charge in [0.1, 0.15) is 5.78 Å². The lowest BCUT2D eigenvalue weighted by Crippen LogP contribution is -2.52. The van der Waals surface area contributed by atoms with Gasteiger partial charge in [-0.05, 0) is 12.1 Å².